The molecular weight excluding hydrogens is 404 g/mol. The van der Waals surface area contributed by atoms with Crippen LogP contribution in [-0.2, 0) is 10.0 Å². The maximum Gasteiger partial charge on any atom is 0.295 e. The lowest BCUT2D eigenvalue weighted by Gasteiger charge is -2.31. The van der Waals surface area contributed by atoms with Gasteiger partial charge in [-0.2, -0.15) is 5.10 Å². The van der Waals surface area contributed by atoms with Crippen molar-refractivity contribution >= 4 is 32.8 Å². The minimum Gasteiger partial charge on any atom is -0.279 e. The van der Waals surface area contributed by atoms with Crippen molar-refractivity contribution in [2.45, 2.75) is 31.6 Å². The van der Waals surface area contributed by atoms with E-state index >= 15 is 0 Å². The van der Waals surface area contributed by atoms with Crippen LogP contribution in [0.1, 0.15) is 24.0 Å². The third-order valence-electron chi connectivity index (χ3n) is 5.59. The molecule has 1 fully saturated rings. The number of anilines is 2. The van der Waals surface area contributed by atoms with Gasteiger partial charge >= 0.3 is 0 Å². The number of nitrogens with zero attached hydrogens (tertiary/aromatic N) is 2. The summed E-state index contributed by atoms with van der Waals surface area (Å²) in [5.74, 6) is 0.891. The van der Waals surface area contributed by atoms with Crippen LogP contribution in [0.3, 0.4) is 0 Å². The van der Waals surface area contributed by atoms with Crippen LogP contribution in [0.4, 0.5) is 17.1 Å². The van der Waals surface area contributed by atoms with Crippen LogP contribution in [0, 0.1) is 35.8 Å². The molecule has 0 heterocycles. The van der Waals surface area contributed by atoms with Gasteiger partial charge in [-0.15, -0.1) is 0 Å². The molecule has 0 radical (unpaired) electrons. The average Bonchev–Trinajstić information content (AvgIpc) is 3.05. The molecular formula is C21H22N4O4S. The Bertz CT molecular complexity index is 1190. The van der Waals surface area contributed by atoms with E-state index in [9.17, 15) is 18.5 Å². The third-order valence-corrected chi connectivity index (χ3v) is 6.95. The Balaban J connectivity index is 1.57. The van der Waals surface area contributed by atoms with Gasteiger partial charge in [-0.05, 0) is 56.4 Å². The number of aryl methyl sites for hydroxylation is 2. The summed E-state index contributed by atoms with van der Waals surface area (Å²) in [5, 5.41) is 15.9. The predicted molar refractivity (Wildman–Crippen MR) is 116 cm³/mol. The van der Waals surface area contributed by atoms with Crippen LogP contribution in [0.15, 0.2) is 58.5 Å². The fourth-order valence-electron chi connectivity index (χ4n) is 3.85. The Kier molecular flexibility index (Phi) is 5.07. The van der Waals surface area contributed by atoms with E-state index in [4.69, 9.17) is 0 Å². The first-order valence-electron chi connectivity index (χ1n) is 9.62. The lowest BCUT2D eigenvalue weighted by Crippen LogP contribution is -2.33. The van der Waals surface area contributed by atoms with Crippen LogP contribution in [0.5, 0.6) is 0 Å². The number of hydrogen-bond donors (Lipinski definition) is 2. The average molecular weight is 426 g/mol. The maximum atomic E-state index is 12.8. The topological polar surface area (TPSA) is 114 Å². The van der Waals surface area contributed by atoms with E-state index < -0.39 is 14.9 Å². The van der Waals surface area contributed by atoms with Crippen molar-refractivity contribution in [1.82, 2.24) is 0 Å². The Hall–Kier alpha value is -3.20. The van der Waals surface area contributed by atoms with Gasteiger partial charge in [-0.3, -0.25) is 20.3 Å². The molecule has 0 aromatic heterocycles. The number of benzene rings is 2. The number of sulfonamides is 1. The van der Waals surface area contributed by atoms with E-state index in [0.717, 1.165) is 35.7 Å². The second-order valence-electron chi connectivity index (χ2n) is 7.71. The van der Waals surface area contributed by atoms with E-state index in [1.165, 1.54) is 12.1 Å². The molecule has 4 rings (SSSR count). The van der Waals surface area contributed by atoms with Gasteiger partial charge in [0, 0.05) is 17.7 Å². The molecule has 2 atom stereocenters. The first-order chi connectivity index (χ1) is 14.2. The highest BCUT2D eigenvalue weighted by Crippen LogP contribution is 2.40. The lowest BCUT2D eigenvalue weighted by atomic mass is 9.74. The van der Waals surface area contributed by atoms with Crippen LogP contribution in [-0.4, -0.2) is 19.1 Å². The molecule has 2 aliphatic carbocycles. The molecule has 2 aliphatic rings. The van der Waals surface area contributed by atoms with E-state index in [-0.39, 0.29) is 16.3 Å². The van der Waals surface area contributed by atoms with Crippen molar-refractivity contribution < 1.29 is 13.3 Å². The molecule has 0 saturated heterocycles. The van der Waals surface area contributed by atoms with Gasteiger partial charge < -0.3 is 0 Å². The van der Waals surface area contributed by atoms with Gasteiger partial charge in [0.05, 0.1) is 15.5 Å². The number of hydrazone groups is 1. The molecule has 2 N–H and O–H groups in total. The molecule has 0 spiro atoms. The van der Waals surface area contributed by atoms with Gasteiger partial charge in [-0.1, -0.05) is 29.8 Å². The highest BCUT2D eigenvalue weighted by atomic mass is 32.2. The van der Waals surface area contributed by atoms with Crippen molar-refractivity contribution in [2.24, 2.45) is 16.9 Å². The Morgan fingerprint density at radius 1 is 1.13 bits per heavy atom. The summed E-state index contributed by atoms with van der Waals surface area (Å²) in [4.78, 5) is 10.8. The smallest absolute Gasteiger partial charge is 0.279 e. The summed E-state index contributed by atoms with van der Waals surface area (Å²) in [6.07, 6.45) is 6.08. The minimum absolute atomic E-state index is 0.160. The first-order valence-corrected chi connectivity index (χ1v) is 11.1. The van der Waals surface area contributed by atoms with Crippen LogP contribution in [0.25, 0.3) is 0 Å². The van der Waals surface area contributed by atoms with Crippen LogP contribution >= 0.6 is 0 Å². The van der Waals surface area contributed by atoms with Crippen LogP contribution < -0.4 is 10.1 Å². The monoisotopic (exact) mass is 426 g/mol. The third kappa shape index (κ3) is 3.80. The Labute approximate surface area is 174 Å². The number of fused-ring (bicyclic) bond motifs is 1. The van der Waals surface area contributed by atoms with Gasteiger partial charge in [0.1, 0.15) is 5.69 Å². The number of nitro groups is 1. The van der Waals surface area contributed by atoms with Crippen molar-refractivity contribution in [1.29, 1.82) is 0 Å². The van der Waals surface area contributed by atoms with Gasteiger partial charge in [-0.25, -0.2) is 8.42 Å². The molecule has 2 aromatic rings. The van der Waals surface area contributed by atoms with Crippen molar-refractivity contribution in [3.05, 3.63) is 69.8 Å². The SMILES string of the molecule is Cc1ccc(NS(=O)(=O)c2ccc(N/N=C3\CC4C=CCC34)c([N+](=O)[O-])c2)c(C)c1. The summed E-state index contributed by atoms with van der Waals surface area (Å²) < 4.78 is 28.1. The summed E-state index contributed by atoms with van der Waals surface area (Å²) in [6.45, 7) is 3.71. The molecule has 2 aromatic carbocycles. The number of nitro benzene ring substituents is 1. The Morgan fingerprint density at radius 3 is 2.60 bits per heavy atom. The molecule has 1 saturated carbocycles. The Morgan fingerprint density at radius 2 is 1.90 bits per heavy atom. The summed E-state index contributed by atoms with van der Waals surface area (Å²) in [5.41, 5.74) is 5.76. The minimum atomic E-state index is -3.98. The van der Waals surface area contributed by atoms with Crippen molar-refractivity contribution in [2.75, 3.05) is 10.1 Å². The zero-order valence-corrected chi connectivity index (χ0v) is 17.4. The number of nitrogens with one attached hydrogen (secondary N) is 2. The van der Waals surface area contributed by atoms with E-state index in [1.807, 2.05) is 13.0 Å². The summed E-state index contributed by atoms with van der Waals surface area (Å²) >= 11 is 0. The highest BCUT2D eigenvalue weighted by molar-refractivity contribution is 7.92. The molecule has 9 heteroatoms. The molecule has 0 aliphatic heterocycles. The van der Waals surface area contributed by atoms with E-state index in [1.54, 1.807) is 19.1 Å². The zero-order valence-electron chi connectivity index (χ0n) is 16.6. The second kappa shape index (κ2) is 7.56. The second-order valence-corrected chi connectivity index (χ2v) is 9.40. The number of allylic oxidation sites excluding steroid dienone is 2. The van der Waals surface area contributed by atoms with Gasteiger partial charge in [0.25, 0.3) is 15.7 Å². The molecule has 0 amide bonds. The van der Waals surface area contributed by atoms with Crippen molar-refractivity contribution in [3.63, 3.8) is 0 Å². The summed E-state index contributed by atoms with van der Waals surface area (Å²) in [7, 11) is -3.98. The highest BCUT2D eigenvalue weighted by Gasteiger charge is 2.38. The predicted octanol–water partition coefficient (Wildman–Crippen LogP) is 4.38. The quantitative estimate of drug-likeness (QED) is 0.404. The fourth-order valence-corrected chi connectivity index (χ4v) is 5.00. The molecule has 156 valence electrons. The molecule has 0 bridgehead atoms. The van der Waals surface area contributed by atoms with E-state index in [2.05, 4.69) is 27.4 Å². The summed E-state index contributed by atoms with van der Waals surface area (Å²) in [6, 6.07) is 9.09. The van der Waals surface area contributed by atoms with Crippen LogP contribution in [0.2, 0.25) is 0 Å². The normalized spacial score (nSPS) is 21.2. The lowest BCUT2D eigenvalue weighted by molar-refractivity contribution is -0.384. The van der Waals surface area contributed by atoms with E-state index in [0.29, 0.717) is 17.5 Å². The fraction of sp³-hybridized carbons (Fsp3) is 0.286. The number of hydrogen-bond acceptors (Lipinski definition) is 6. The first kappa shape index (κ1) is 20.1. The molecule has 8 nitrogen and oxygen atoms in total. The largest absolute Gasteiger partial charge is 0.295 e. The van der Waals surface area contributed by atoms with Gasteiger partial charge in [0.2, 0.25) is 0 Å². The molecule has 2 unspecified atom stereocenters. The zero-order chi connectivity index (χ0) is 21.5. The number of rotatable bonds is 6. The van der Waals surface area contributed by atoms with Crippen molar-refractivity contribution in [3.8, 4) is 0 Å². The maximum absolute atomic E-state index is 12.8. The van der Waals surface area contributed by atoms with Gasteiger partial charge in [0.15, 0.2) is 0 Å². The molecule has 30 heavy (non-hydrogen) atoms. The standard InChI is InChI=1S/C21H22N4O4S/c1-13-6-8-18(14(2)10-13)24-30(28,29)16-7-9-19(21(12-16)25(26)27)22-23-20-11-15-4-3-5-17(15)20/h3-4,6-10,12,15,17,22,24H,5,11H2,1-2H3/b23-20+.